The average molecular weight is 728 g/mol. The summed E-state index contributed by atoms with van der Waals surface area (Å²) in [5.41, 5.74) is 4.87. The Bertz CT molecular complexity index is 1980. The van der Waals surface area contributed by atoms with E-state index in [-0.39, 0.29) is 43.3 Å². The smallest absolute Gasteiger partial charge is 0.455 e. The van der Waals surface area contributed by atoms with Gasteiger partial charge in [-0.25, -0.2) is 0 Å². The first kappa shape index (κ1) is 36.2. The van der Waals surface area contributed by atoms with Crippen LogP contribution < -0.4 is 4.74 Å². The second-order valence-electron chi connectivity index (χ2n) is 14.8. The second-order valence-corrected chi connectivity index (χ2v) is 14.8. The number of rotatable bonds is 12. The van der Waals surface area contributed by atoms with Crippen LogP contribution in [0, 0.1) is 17.8 Å². The number of aliphatic hydroxyl groups excluding tert-OH is 1. The van der Waals surface area contributed by atoms with Crippen molar-refractivity contribution in [2.45, 2.75) is 63.7 Å². The summed E-state index contributed by atoms with van der Waals surface area (Å²) < 4.78 is 18.5. The molecule has 4 aliphatic rings. The van der Waals surface area contributed by atoms with Gasteiger partial charge in [-0.3, -0.25) is 24.4 Å². The van der Waals surface area contributed by atoms with Crippen LogP contribution in [0.25, 0.3) is 11.6 Å². The first-order chi connectivity index (χ1) is 26.4. The van der Waals surface area contributed by atoms with Crippen molar-refractivity contribution in [3.8, 4) is 5.75 Å². The van der Waals surface area contributed by atoms with Crippen molar-refractivity contribution in [3.05, 3.63) is 131 Å². The molecule has 0 saturated carbocycles. The second kappa shape index (κ2) is 16.3. The molecule has 10 nitrogen and oxygen atoms in total. The zero-order valence-corrected chi connectivity index (χ0v) is 30.3. The summed E-state index contributed by atoms with van der Waals surface area (Å²) >= 11 is 0. The standard InChI is InChI=1S/C43H46BN3O7/c48-27-35-16-15-34(53-35)23-30(38-13-7-8-20-45-38)14-17-39-40-31(28-52-33-11-5-2-6-12-33)24-36-41(37(40)25-44(51)54-39)43(50)47(42(36)49)32-18-21-46(22-19-32)26-29-9-3-1-4-10-29/h1-13,15-16,20,23,32,36-37,39,41,48,51H,14,17-19,21-22,24-28H2/b30-23-/t36-,37+,39-,41-/m1/s1. The molecule has 3 saturated heterocycles. The minimum atomic E-state index is -1.09. The lowest BCUT2D eigenvalue weighted by atomic mass is 9.58. The number of likely N-dealkylation sites (tertiary alicyclic amines) is 2. The number of imide groups is 1. The Labute approximate surface area is 316 Å². The predicted octanol–water partition coefficient (Wildman–Crippen LogP) is 6.03. The van der Waals surface area contributed by atoms with Crippen molar-refractivity contribution >= 4 is 30.6 Å². The summed E-state index contributed by atoms with van der Waals surface area (Å²) in [6.07, 6.45) is 6.31. The zero-order valence-electron chi connectivity index (χ0n) is 30.3. The van der Waals surface area contributed by atoms with E-state index in [9.17, 15) is 19.7 Å². The Balaban J connectivity index is 1.06. The van der Waals surface area contributed by atoms with Gasteiger partial charge in [0.25, 0.3) is 0 Å². The monoisotopic (exact) mass is 727 g/mol. The molecule has 0 spiro atoms. The molecular weight excluding hydrogens is 681 g/mol. The summed E-state index contributed by atoms with van der Waals surface area (Å²) in [5, 5.41) is 20.8. The highest BCUT2D eigenvalue weighted by Crippen LogP contribution is 2.51. The summed E-state index contributed by atoms with van der Waals surface area (Å²) in [6.45, 7) is 2.54. The molecule has 3 fully saturated rings. The van der Waals surface area contributed by atoms with Gasteiger partial charge in [-0.05, 0) is 109 Å². The van der Waals surface area contributed by atoms with E-state index in [1.54, 1.807) is 17.2 Å². The molecule has 278 valence electrons. The molecule has 54 heavy (non-hydrogen) atoms. The van der Waals surface area contributed by atoms with Gasteiger partial charge < -0.3 is 23.9 Å². The Kier molecular flexibility index (Phi) is 10.9. The number of aromatic nitrogens is 1. The highest BCUT2D eigenvalue weighted by molar-refractivity contribution is 6.43. The normalized spacial score (nSPS) is 23.9. The number of allylic oxidation sites excluding steroid dienone is 1. The predicted molar refractivity (Wildman–Crippen MR) is 204 cm³/mol. The molecule has 0 radical (unpaired) electrons. The van der Waals surface area contributed by atoms with E-state index in [4.69, 9.17) is 13.8 Å². The molecule has 0 bridgehead atoms. The number of amides is 2. The molecule has 11 heteroatoms. The Morgan fingerprint density at radius 1 is 0.926 bits per heavy atom. The fourth-order valence-corrected chi connectivity index (χ4v) is 8.99. The molecule has 4 atom stereocenters. The number of fused-ring (bicyclic) bond motifs is 3. The van der Waals surface area contributed by atoms with Gasteiger partial charge in [0.1, 0.15) is 30.5 Å². The Morgan fingerprint density at radius 3 is 2.41 bits per heavy atom. The van der Waals surface area contributed by atoms with Crippen molar-refractivity contribution < 1.29 is 33.5 Å². The third-order valence-corrected chi connectivity index (χ3v) is 11.5. The molecular formula is C43H46BN3O7. The SMILES string of the molecule is O=C1[C@@H]2[C@@H](CC(COc3ccccc3)=C3[C@@H](CC/C(=C/c4ccc(CO)o4)c4ccccn4)OB(O)C[C@@H]32)C(=O)N1C1CCN(Cc2ccccc2)CC1. The minimum Gasteiger partial charge on any atom is -0.489 e. The van der Waals surface area contributed by atoms with Gasteiger partial charge in [0, 0.05) is 31.9 Å². The van der Waals surface area contributed by atoms with Crippen LogP contribution in [0.3, 0.4) is 0 Å². The number of carbonyl (C=O) groups is 2. The van der Waals surface area contributed by atoms with Crippen LogP contribution in [0.4, 0.5) is 0 Å². The number of hydrogen-bond acceptors (Lipinski definition) is 9. The number of carbonyl (C=O) groups excluding carboxylic acids is 2. The Hall–Kier alpha value is -4.81. The van der Waals surface area contributed by atoms with Crippen molar-refractivity contribution in [1.82, 2.24) is 14.8 Å². The van der Waals surface area contributed by atoms with Crippen LogP contribution in [-0.2, 0) is 27.4 Å². The lowest BCUT2D eigenvalue weighted by molar-refractivity contribution is -0.144. The molecule has 5 heterocycles. The van der Waals surface area contributed by atoms with E-state index in [1.165, 1.54) is 5.56 Å². The van der Waals surface area contributed by atoms with E-state index >= 15 is 0 Å². The van der Waals surface area contributed by atoms with Crippen LogP contribution in [-0.4, -0.2) is 75.7 Å². The number of piperidine rings is 1. The molecule has 2 aromatic heterocycles. The van der Waals surface area contributed by atoms with E-state index in [1.807, 2.05) is 66.7 Å². The van der Waals surface area contributed by atoms with Crippen molar-refractivity contribution in [2.75, 3.05) is 19.7 Å². The maximum absolute atomic E-state index is 14.5. The van der Waals surface area contributed by atoms with Gasteiger partial charge in [0.05, 0.1) is 23.6 Å². The van der Waals surface area contributed by atoms with Crippen LogP contribution in [0.2, 0.25) is 6.32 Å². The van der Waals surface area contributed by atoms with Crippen molar-refractivity contribution in [1.29, 1.82) is 0 Å². The lowest BCUT2D eigenvalue weighted by Gasteiger charge is -2.43. The van der Waals surface area contributed by atoms with E-state index in [2.05, 4.69) is 34.1 Å². The number of pyridine rings is 1. The number of ether oxygens (including phenoxy) is 1. The van der Waals surface area contributed by atoms with Gasteiger partial charge in [-0.1, -0.05) is 54.6 Å². The minimum absolute atomic E-state index is 0.0960. The van der Waals surface area contributed by atoms with Crippen LogP contribution in [0.15, 0.2) is 113 Å². The van der Waals surface area contributed by atoms with E-state index in [0.717, 1.165) is 60.6 Å². The maximum Gasteiger partial charge on any atom is 0.455 e. The zero-order chi connectivity index (χ0) is 37.0. The maximum atomic E-state index is 14.5. The average Bonchev–Trinajstić information content (AvgIpc) is 3.77. The molecule has 0 unspecified atom stereocenters. The van der Waals surface area contributed by atoms with Gasteiger partial charge >= 0.3 is 7.12 Å². The van der Waals surface area contributed by atoms with Gasteiger partial charge in [0.15, 0.2) is 0 Å². The van der Waals surface area contributed by atoms with Crippen molar-refractivity contribution in [2.24, 2.45) is 17.8 Å². The number of nitrogens with zero attached hydrogens (tertiary/aromatic N) is 3. The Morgan fingerprint density at radius 2 is 1.69 bits per heavy atom. The molecule has 2 aromatic carbocycles. The molecule has 8 rings (SSSR count). The summed E-state index contributed by atoms with van der Waals surface area (Å²) in [5.74, 6) is 0.163. The largest absolute Gasteiger partial charge is 0.489 e. The topological polar surface area (TPSA) is 126 Å². The van der Waals surface area contributed by atoms with Gasteiger partial charge in [-0.2, -0.15) is 0 Å². The van der Waals surface area contributed by atoms with Crippen molar-refractivity contribution in [3.63, 3.8) is 0 Å². The van der Waals surface area contributed by atoms with Gasteiger partial charge in [-0.15, -0.1) is 0 Å². The number of hydrogen-bond donors (Lipinski definition) is 2. The molecule has 1 aliphatic carbocycles. The first-order valence-electron chi connectivity index (χ1n) is 19.1. The molecule has 2 N–H and O–H groups in total. The van der Waals surface area contributed by atoms with E-state index in [0.29, 0.717) is 30.8 Å². The fraction of sp³-hybridized carbons (Fsp3) is 0.372. The summed E-state index contributed by atoms with van der Waals surface area (Å²) in [4.78, 5) is 37.5. The summed E-state index contributed by atoms with van der Waals surface area (Å²) in [6, 6.07) is 29.1. The highest BCUT2D eigenvalue weighted by Gasteiger charge is 2.58. The molecule has 3 aliphatic heterocycles. The quantitative estimate of drug-likeness (QED) is 0.102. The first-order valence-corrected chi connectivity index (χ1v) is 19.1. The van der Waals surface area contributed by atoms with E-state index < -0.39 is 25.1 Å². The van der Waals surface area contributed by atoms with Crippen LogP contribution >= 0.6 is 0 Å². The summed E-state index contributed by atoms with van der Waals surface area (Å²) in [7, 11) is -1.09. The number of para-hydroxylation sites is 1. The van der Waals surface area contributed by atoms with Crippen LogP contribution in [0.5, 0.6) is 5.75 Å². The third kappa shape index (κ3) is 7.72. The highest BCUT2D eigenvalue weighted by atomic mass is 16.5. The molecule has 4 aromatic rings. The third-order valence-electron chi connectivity index (χ3n) is 11.5. The number of benzene rings is 2. The number of furan rings is 1. The number of aliphatic hydroxyl groups is 1. The molecule has 2 amide bonds. The van der Waals surface area contributed by atoms with Gasteiger partial charge in [0.2, 0.25) is 11.8 Å². The lowest BCUT2D eigenvalue weighted by Crippen LogP contribution is -2.48. The van der Waals surface area contributed by atoms with Crippen LogP contribution in [0.1, 0.15) is 54.9 Å². The fourth-order valence-electron chi connectivity index (χ4n) is 8.99.